The molecule has 0 unspecified atom stereocenters. The Labute approximate surface area is 164 Å². The third-order valence-electron chi connectivity index (χ3n) is 5.62. The minimum atomic E-state index is -0.421. The Kier molecular flexibility index (Phi) is 4.73. The maximum atomic E-state index is 12.4. The second-order valence-electron chi connectivity index (χ2n) is 7.58. The second kappa shape index (κ2) is 7.20. The second-order valence-corrected chi connectivity index (χ2v) is 7.58. The summed E-state index contributed by atoms with van der Waals surface area (Å²) in [6.07, 6.45) is 0. The first kappa shape index (κ1) is 18.4. The number of piperazine rings is 1. The van der Waals surface area contributed by atoms with E-state index in [0.29, 0.717) is 12.2 Å². The molecule has 2 aliphatic heterocycles. The summed E-state index contributed by atoms with van der Waals surface area (Å²) in [6, 6.07) is 13.3. The van der Waals surface area contributed by atoms with Crippen LogP contribution in [-0.2, 0) is 4.79 Å². The summed E-state index contributed by atoms with van der Waals surface area (Å²) < 4.78 is 0. The van der Waals surface area contributed by atoms with Crippen molar-refractivity contribution < 1.29 is 19.3 Å². The Bertz CT molecular complexity index is 944. The highest BCUT2D eigenvalue weighted by Gasteiger charge is 2.38. The molecule has 0 aliphatic carbocycles. The van der Waals surface area contributed by atoms with Crippen molar-refractivity contribution >= 4 is 28.8 Å². The number of hydrogen-bond acceptors (Lipinski definition) is 4. The maximum Gasteiger partial charge on any atom is 0.303 e. The molecular weight excluding hydrogens is 354 g/mol. The van der Waals surface area contributed by atoms with Crippen LogP contribution < -0.4 is 14.7 Å². The molecule has 144 valence electrons. The summed E-state index contributed by atoms with van der Waals surface area (Å²) in [4.78, 5) is 41.4. The third kappa shape index (κ3) is 3.31. The van der Waals surface area contributed by atoms with Gasteiger partial charge in [0.2, 0.25) is 0 Å². The van der Waals surface area contributed by atoms with Gasteiger partial charge in [0.15, 0.2) is 12.5 Å². The molecule has 0 aromatic heterocycles. The number of nitrogens with zero attached hydrogens (tertiary/aromatic N) is 2. The van der Waals surface area contributed by atoms with Crippen LogP contribution in [0.3, 0.4) is 0 Å². The molecule has 4 rings (SSSR count). The molecule has 2 aromatic rings. The fraction of sp³-hybridized carbons (Fsp3) is 0.318. The first-order valence-electron chi connectivity index (χ1n) is 9.60. The Balaban J connectivity index is 1.40. The molecule has 1 saturated heterocycles. The van der Waals surface area contributed by atoms with Crippen molar-refractivity contribution in [1.82, 2.24) is 0 Å². The molecule has 0 spiro atoms. The minimum Gasteiger partial charge on any atom is -0.360 e. The van der Waals surface area contributed by atoms with Crippen LogP contribution in [0.15, 0.2) is 42.5 Å². The Morgan fingerprint density at radius 3 is 2.36 bits per heavy atom. The van der Waals surface area contributed by atoms with Crippen LogP contribution in [0.2, 0.25) is 0 Å². The first-order valence-corrected chi connectivity index (χ1v) is 9.60. The first-order chi connectivity index (χ1) is 13.4. The van der Waals surface area contributed by atoms with E-state index in [9.17, 15) is 14.4 Å². The van der Waals surface area contributed by atoms with E-state index in [0.717, 1.165) is 48.7 Å². The lowest BCUT2D eigenvalue weighted by atomic mass is 10.1. The van der Waals surface area contributed by atoms with E-state index in [2.05, 4.69) is 4.90 Å². The summed E-state index contributed by atoms with van der Waals surface area (Å²) in [5.41, 5.74) is 4.07. The van der Waals surface area contributed by atoms with Crippen molar-refractivity contribution in [2.75, 3.05) is 42.6 Å². The smallest absolute Gasteiger partial charge is 0.303 e. The maximum absolute atomic E-state index is 12.4. The van der Waals surface area contributed by atoms with Crippen LogP contribution in [0.25, 0.3) is 0 Å². The predicted molar refractivity (Wildman–Crippen MR) is 107 cm³/mol. The lowest BCUT2D eigenvalue weighted by Gasteiger charge is -2.35. The summed E-state index contributed by atoms with van der Waals surface area (Å²) >= 11 is 0. The number of benzene rings is 2. The van der Waals surface area contributed by atoms with Gasteiger partial charge in [0.05, 0.1) is 37.4 Å². The number of aryl methyl sites for hydroxylation is 1. The highest BCUT2D eigenvalue weighted by Crippen LogP contribution is 2.28. The van der Waals surface area contributed by atoms with Gasteiger partial charge in [-0.15, -0.1) is 0 Å². The number of quaternary nitrogens is 1. The predicted octanol–water partition coefficient (Wildman–Crippen LogP) is 1.09. The van der Waals surface area contributed by atoms with Crippen molar-refractivity contribution in [2.24, 2.45) is 0 Å². The summed E-state index contributed by atoms with van der Waals surface area (Å²) in [5.74, 6) is -0.751. The van der Waals surface area contributed by atoms with Gasteiger partial charge in [-0.05, 0) is 50.2 Å². The van der Waals surface area contributed by atoms with E-state index in [1.807, 2.05) is 43.3 Å². The van der Waals surface area contributed by atoms with Gasteiger partial charge in [0.1, 0.15) is 0 Å². The molecule has 1 fully saturated rings. The van der Waals surface area contributed by atoms with E-state index in [4.69, 9.17) is 0 Å². The number of amides is 1. The zero-order valence-corrected chi connectivity index (χ0v) is 16.2. The lowest BCUT2D eigenvalue weighted by molar-refractivity contribution is -0.899. The van der Waals surface area contributed by atoms with Gasteiger partial charge in [-0.25, -0.2) is 0 Å². The van der Waals surface area contributed by atoms with Gasteiger partial charge in [0.25, 0.3) is 5.78 Å². The molecule has 0 bridgehead atoms. The highest BCUT2D eigenvalue weighted by molar-refractivity contribution is 6.52. The quantitative estimate of drug-likeness (QED) is 0.639. The van der Waals surface area contributed by atoms with Crippen LogP contribution >= 0.6 is 0 Å². The van der Waals surface area contributed by atoms with E-state index in [1.54, 1.807) is 17.9 Å². The Hall–Kier alpha value is -2.99. The van der Waals surface area contributed by atoms with Crippen LogP contribution in [0.1, 0.15) is 33.2 Å². The number of fused-ring (bicyclic) bond motifs is 1. The fourth-order valence-electron chi connectivity index (χ4n) is 3.94. The standard InChI is InChI=1S/C22H23N3O3/c1-15-3-8-20-19(13-15)21(27)22(28)25(20)14-23-9-11-24(12-10-23)18-6-4-17(5-7-18)16(2)26/h3-8,13H,9-12,14H2,1-2H3/p+1. The molecule has 2 aliphatic rings. The topological polar surface area (TPSA) is 62.1 Å². The molecule has 6 nitrogen and oxygen atoms in total. The number of carbonyl (C=O) groups is 3. The van der Waals surface area contributed by atoms with Gasteiger partial charge < -0.3 is 9.80 Å². The summed E-state index contributed by atoms with van der Waals surface area (Å²) in [6.45, 7) is 7.51. The van der Waals surface area contributed by atoms with Gasteiger partial charge in [0, 0.05) is 11.3 Å². The number of anilines is 2. The zero-order valence-electron chi connectivity index (χ0n) is 16.2. The fourth-order valence-corrected chi connectivity index (χ4v) is 3.94. The van der Waals surface area contributed by atoms with E-state index < -0.39 is 11.7 Å². The summed E-state index contributed by atoms with van der Waals surface area (Å²) in [7, 11) is 0. The monoisotopic (exact) mass is 378 g/mol. The van der Waals surface area contributed by atoms with Crippen LogP contribution in [0, 0.1) is 6.92 Å². The van der Waals surface area contributed by atoms with E-state index in [-0.39, 0.29) is 5.78 Å². The van der Waals surface area contributed by atoms with Gasteiger partial charge >= 0.3 is 5.91 Å². The van der Waals surface area contributed by atoms with Gasteiger partial charge in [-0.3, -0.25) is 19.3 Å². The summed E-state index contributed by atoms with van der Waals surface area (Å²) in [5, 5.41) is 0. The number of hydrogen-bond donors (Lipinski definition) is 1. The van der Waals surface area contributed by atoms with Crippen molar-refractivity contribution in [2.45, 2.75) is 13.8 Å². The van der Waals surface area contributed by atoms with Crippen molar-refractivity contribution in [3.63, 3.8) is 0 Å². The Morgan fingerprint density at radius 1 is 1.04 bits per heavy atom. The molecule has 6 heteroatoms. The average Bonchev–Trinajstić information content (AvgIpc) is 2.93. The Morgan fingerprint density at radius 2 is 1.71 bits per heavy atom. The van der Waals surface area contributed by atoms with E-state index in [1.165, 1.54) is 4.90 Å². The number of carbonyl (C=O) groups excluding carboxylic acids is 3. The number of rotatable bonds is 4. The van der Waals surface area contributed by atoms with Gasteiger partial charge in [-0.2, -0.15) is 0 Å². The molecule has 0 saturated carbocycles. The molecule has 1 N–H and O–H groups in total. The molecule has 1 amide bonds. The number of ketones is 2. The third-order valence-corrected chi connectivity index (χ3v) is 5.62. The van der Waals surface area contributed by atoms with Crippen LogP contribution in [0.5, 0.6) is 0 Å². The highest BCUT2D eigenvalue weighted by atomic mass is 16.2. The number of nitrogens with one attached hydrogen (secondary N) is 1. The minimum absolute atomic E-state index is 0.0705. The largest absolute Gasteiger partial charge is 0.360 e. The zero-order chi connectivity index (χ0) is 19.8. The normalized spacial score (nSPS) is 17.2. The SMILES string of the molecule is CC(=O)c1ccc(N2CC[NH+](CN3C(=O)C(=O)c4cc(C)ccc43)CC2)cc1. The average molecular weight is 378 g/mol. The molecular formula is C22H24N3O3+. The van der Waals surface area contributed by atoms with Crippen LogP contribution in [-0.4, -0.2) is 50.3 Å². The number of Topliss-reactive ketones (excluding diaryl/α,β-unsaturated/α-hetero) is 2. The van der Waals surface area contributed by atoms with Crippen molar-refractivity contribution in [3.8, 4) is 0 Å². The molecule has 2 heterocycles. The molecule has 2 aromatic carbocycles. The van der Waals surface area contributed by atoms with Crippen LogP contribution in [0.4, 0.5) is 11.4 Å². The lowest BCUT2D eigenvalue weighted by Crippen LogP contribution is -3.16. The van der Waals surface area contributed by atoms with E-state index >= 15 is 0 Å². The molecule has 0 atom stereocenters. The molecule has 0 radical (unpaired) electrons. The van der Waals surface area contributed by atoms with Crippen molar-refractivity contribution in [3.05, 3.63) is 59.2 Å². The van der Waals surface area contributed by atoms with Gasteiger partial charge in [-0.1, -0.05) is 11.6 Å². The molecule has 28 heavy (non-hydrogen) atoms. The van der Waals surface area contributed by atoms with Crippen molar-refractivity contribution in [1.29, 1.82) is 0 Å².